The van der Waals surface area contributed by atoms with Crippen LogP contribution in [-0.2, 0) is 11.2 Å². The number of hydrogen-bond donors (Lipinski definition) is 1. The molecule has 0 saturated heterocycles. The summed E-state index contributed by atoms with van der Waals surface area (Å²) in [4.78, 5) is 30.1. The normalized spacial score (nSPS) is 11.2. The summed E-state index contributed by atoms with van der Waals surface area (Å²) in [6.07, 6.45) is 3.92. The topological polar surface area (TPSA) is 85.6 Å². The Balaban J connectivity index is 1.56. The molecule has 0 fully saturated rings. The minimum atomic E-state index is -0.349. The molecule has 0 saturated carbocycles. The summed E-state index contributed by atoms with van der Waals surface area (Å²) in [5.74, 6) is 0.402. The molecule has 0 bridgehead atoms. The molecule has 4 rings (SSSR count). The standard InChI is InChI=1S/C27H23BrCl2N4O3/c1-2-3-9-24-33-23-11-10-18(28)14-20(23)27(36)34(24)31-15-17-12-21(29)26(22(30)13-17)37-16-25(35)32-19-7-5-4-6-8-19/h4-8,10-15H,2-3,9,16H2,1H3,(H,32,35). The van der Waals surface area contributed by atoms with Crippen LogP contribution in [0.5, 0.6) is 5.75 Å². The van der Waals surface area contributed by atoms with Gasteiger partial charge in [0.05, 0.1) is 27.2 Å². The minimum absolute atomic E-state index is 0.182. The van der Waals surface area contributed by atoms with Crippen LogP contribution in [0.1, 0.15) is 31.2 Å². The first kappa shape index (κ1) is 26.9. The number of unbranched alkanes of at least 4 members (excludes halogenated alkanes) is 1. The van der Waals surface area contributed by atoms with Gasteiger partial charge in [0.25, 0.3) is 11.5 Å². The minimum Gasteiger partial charge on any atom is -0.481 e. The lowest BCUT2D eigenvalue weighted by Crippen LogP contribution is -2.22. The lowest BCUT2D eigenvalue weighted by molar-refractivity contribution is -0.118. The molecule has 0 atom stereocenters. The zero-order valence-electron chi connectivity index (χ0n) is 19.9. The molecule has 3 aromatic carbocycles. The fourth-order valence-electron chi connectivity index (χ4n) is 3.58. The fraction of sp³-hybridized carbons (Fsp3) is 0.185. The van der Waals surface area contributed by atoms with Crippen molar-refractivity contribution >= 4 is 67.8 Å². The van der Waals surface area contributed by atoms with Crippen LogP contribution < -0.4 is 15.6 Å². The van der Waals surface area contributed by atoms with Crippen LogP contribution in [0.2, 0.25) is 10.0 Å². The predicted molar refractivity (Wildman–Crippen MR) is 152 cm³/mol. The van der Waals surface area contributed by atoms with Crippen LogP contribution in [0.4, 0.5) is 5.69 Å². The van der Waals surface area contributed by atoms with Crippen molar-refractivity contribution in [1.82, 2.24) is 9.66 Å². The van der Waals surface area contributed by atoms with E-state index < -0.39 is 0 Å². The Hall–Kier alpha value is -3.20. The van der Waals surface area contributed by atoms with Crippen molar-refractivity contribution in [3.63, 3.8) is 0 Å². The van der Waals surface area contributed by atoms with E-state index in [4.69, 9.17) is 27.9 Å². The highest BCUT2D eigenvalue weighted by Gasteiger charge is 2.13. The van der Waals surface area contributed by atoms with E-state index in [1.807, 2.05) is 30.3 Å². The van der Waals surface area contributed by atoms with Gasteiger partial charge in [-0.05, 0) is 54.4 Å². The molecular formula is C27H23BrCl2N4O3. The monoisotopic (exact) mass is 600 g/mol. The first-order chi connectivity index (χ1) is 17.9. The average Bonchev–Trinajstić information content (AvgIpc) is 2.87. The van der Waals surface area contributed by atoms with Crippen molar-refractivity contribution in [2.45, 2.75) is 26.2 Å². The molecule has 1 aromatic heterocycles. The Morgan fingerprint density at radius 2 is 1.86 bits per heavy atom. The van der Waals surface area contributed by atoms with E-state index >= 15 is 0 Å². The maximum absolute atomic E-state index is 13.2. The Morgan fingerprint density at radius 3 is 2.57 bits per heavy atom. The van der Waals surface area contributed by atoms with Gasteiger partial charge in [-0.25, -0.2) is 4.98 Å². The first-order valence-corrected chi connectivity index (χ1v) is 13.1. The Morgan fingerprint density at radius 1 is 1.14 bits per heavy atom. The number of nitrogens with zero attached hydrogens (tertiary/aromatic N) is 3. The first-order valence-electron chi connectivity index (χ1n) is 11.6. The van der Waals surface area contributed by atoms with Crippen LogP contribution in [0.15, 0.2) is 75.0 Å². The number of anilines is 1. The van der Waals surface area contributed by atoms with Gasteiger partial charge < -0.3 is 10.1 Å². The van der Waals surface area contributed by atoms with Gasteiger partial charge in [0.15, 0.2) is 12.4 Å². The summed E-state index contributed by atoms with van der Waals surface area (Å²) in [6.45, 7) is 1.80. The molecule has 1 amide bonds. The number of nitrogens with one attached hydrogen (secondary N) is 1. The van der Waals surface area contributed by atoms with Crippen molar-refractivity contribution in [1.29, 1.82) is 0 Å². The van der Waals surface area contributed by atoms with Crippen LogP contribution in [-0.4, -0.2) is 28.4 Å². The number of amides is 1. The van der Waals surface area contributed by atoms with Crippen LogP contribution in [0.3, 0.4) is 0 Å². The number of ether oxygens (including phenoxy) is 1. The third-order valence-electron chi connectivity index (χ3n) is 5.38. The fourth-order valence-corrected chi connectivity index (χ4v) is 4.56. The SMILES string of the molecule is CCCCc1nc2ccc(Br)cc2c(=O)n1N=Cc1cc(Cl)c(OCC(=O)Nc2ccccc2)c(Cl)c1. The highest BCUT2D eigenvalue weighted by atomic mass is 79.9. The number of hydrogen-bond acceptors (Lipinski definition) is 5. The van der Waals surface area contributed by atoms with Gasteiger partial charge in [0.2, 0.25) is 0 Å². The zero-order chi connectivity index (χ0) is 26.4. The van der Waals surface area contributed by atoms with Gasteiger partial charge in [0.1, 0.15) is 5.82 Å². The lowest BCUT2D eigenvalue weighted by Gasteiger charge is -2.11. The average molecular weight is 602 g/mol. The molecule has 1 N–H and O–H groups in total. The van der Waals surface area contributed by atoms with Crippen molar-refractivity contribution in [3.8, 4) is 5.75 Å². The Bertz CT molecular complexity index is 1500. The van der Waals surface area contributed by atoms with Crippen molar-refractivity contribution in [2.75, 3.05) is 11.9 Å². The predicted octanol–water partition coefficient (Wildman–Crippen LogP) is 6.71. The van der Waals surface area contributed by atoms with Crippen LogP contribution >= 0.6 is 39.1 Å². The van der Waals surface area contributed by atoms with E-state index in [0.29, 0.717) is 34.4 Å². The summed E-state index contributed by atoms with van der Waals surface area (Å²) in [7, 11) is 0. The van der Waals surface area contributed by atoms with E-state index in [0.717, 1.165) is 17.3 Å². The quantitative estimate of drug-likeness (QED) is 0.216. The molecule has 0 aliphatic heterocycles. The molecule has 4 aromatic rings. The number of benzene rings is 3. The third kappa shape index (κ3) is 6.77. The Kier molecular flexibility index (Phi) is 8.97. The summed E-state index contributed by atoms with van der Waals surface area (Å²) < 4.78 is 7.66. The summed E-state index contributed by atoms with van der Waals surface area (Å²) >= 11 is 16.2. The number of aromatic nitrogens is 2. The number of halogens is 3. The molecule has 0 aliphatic rings. The van der Waals surface area contributed by atoms with Gasteiger partial charge in [-0.3, -0.25) is 9.59 Å². The van der Waals surface area contributed by atoms with Gasteiger partial charge in [-0.1, -0.05) is 70.7 Å². The Labute approximate surface area is 232 Å². The lowest BCUT2D eigenvalue weighted by atomic mass is 10.2. The number of aryl methyl sites for hydroxylation is 1. The number of para-hydroxylation sites is 1. The van der Waals surface area contributed by atoms with Gasteiger partial charge in [-0.2, -0.15) is 9.78 Å². The second-order valence-corrected chi connectivity index (χ2v) is 9.90. The smallest absolute Gasteiger partial charge is 0.282 e. The summed E-state index contributed by atoms with van der Waals surface area (Å²) in [5.41, 5.74) is 1.56. The van der Waals surface area contributed by atoms with E-state index in [1.165, 1.54) is 10.9 Å². The maximum atomic E-state index is 13.2. The highest BCUT2D eigenvalue weighted by molar-refractivity contribution is 9.10. The van der Waals surface area contributed by atoms with Gasteiger partial charge in [0, 0.05) is 16.6 Å². The molecular weight excluding hydrogens is 579 g/mol. The molecule has 0 spiro atoms. The van der Waals surface area contributed by atoms with E-state index in [-0.39, 0.29) is 33.9 Å². The molecule has 0 unspecified atom stereocenters. The second kappa shape index (κ2) is 12.4. The number of fused-ring (bicyclic) bond motifs is 1. The van der Waals surface area contributed by atoms with Crippen molar-refractivity contribution < 1.29 is 9.53 Å². The highest BCUT2D eigenvalue weighted by Crippen LogP contribution is 2.34. The molecule has 37 heavy (non-hydrogen) atoms. The molecule has 7 nitrogen and oxygen atoms in total. The molecule has 10 heteroatoms. The van der Waals surface area contributed by atoms with Gasteiger partial charge in [-0.15, -0.1) is 0 Å². The second-order valence-electron chi connectivity index (χ2n) is 8.17. The summed E-state index contributed by atoms with van der Waals surface area (Å²) in [5, 5.41) is 8.03. The van der Waals surface area contributed by atoms with E-state index in [1.54, 1.807) is 30.3 Å². The maximum Gasteiger partial charge on any atom is 0.282 e. The molecule has 190 valence electrons. The number of rotatable bonds is 9. The third-order valence-corrected chi connectivity index (χ3v) is 6.43. The van der Waals surface area contributed by atoms with Gasteiger partial charge >= 0.3 is 0 Å². The van der Waals surface area contributed by atoms with E-state index in [2.05, 4.69) is 38.3 Å². The largest absolute Gasteiger partial charge is 0.481 e. The molecule has 1 heterocycles. The number of carbonyl (C=O) groups is 1. The van der Waals surface area contributed by atoms with Crippen molar-refractivity contribution in [2.24, 2.45) is 5.10 Å². The van der Waals surface area contributed by atoms with E-state index in [9.17, 15) is 9.59 Å². The summed E-state index contributed by atoms with van der Waals surface area (Å²) in [6, 6.07) is 17.6. The van der Waals surface area contributed by atoms with Crippen LogP contribution in [0.25, 0.3) is 10.9 Å². The van der Waals surface area contributed by atoms with Crippen LogP contribution in [0, 0.1) is 0 Å². The molecule has 0 aliphatic carbocycles. The zero-order valence-corrected chi connectivity index (χ0v) is 23.0. The number of carbonyl (C=O) groups excluding carboxylic acids is 1. The molecule has 0 radical (unpaired) electrons. The van der Waals surface area contributed by atoms with Crippen molar-refractivity contribution in [3.05, 3.63) is 96.9 Å².